The molecule has 1 atom stereocenters. The lowest BCUT2D eigenvalue weighted by Gasteiger charge is -2.40. The third-order valence-electron chi connectivity index (χ3n) is 5.97. The number of anilines is 1. The van der Waals surface area contributed by atoms with Crippen molar-refractivity contribution in [1.29, 1.82) is 0 Å². The Hall–Kier alpha value is -2.86. The Bertz CT molecular complexity index is 1020. The summed E-state index contributed by atoms with van der Waals surface area (Å²) in [6, 6.07) is 26.0. The second-order valence-electron chi connectivity index (χ2n) is 8.02. The molecular weight excluding hydrogens is 422 g/mol. The standard InChI is InChI=1S/C26H28ClN3O2/c27-22-12-10-21(11-13-22)25(20-6-2-1-3-7-20)30-18-16-29(17-19-30)15-14-28-24-9-5-4-8-23(24)26(31)32/h1-13,25,28H,14-19H2,(H,31,32). The van der Waals surface area contributed by atoms with Gasteiger partial charge in [-0.3, -0.25) is 9.80 Å². The number of piperazine rings is 1. The van der Waals surface area contributed by atoms with Gasteiger partial charge in [0, 0.05) is 50.0 Å². The first kappa shape index (κ1) is 22.3. The van der Waals surface area contributed by atoms with Crippen molar-refractivity contribution >= 4 is 23.3 Å². The molecule has 3 aromatic rings. The van der Waals surface area contributed by atoms with E-state index in [1.54, 1.807) is 12.1 Å². The molecule has 166 valence electrons. The van der Waals surface area contributed by atoms with Gasteiger partial charge in [0.1, 0.15) is 0 Å². The number of hydrogen-bond donors (Lipinski definition) is 2. The van der Waals surface area contributed by atoms with Crippen LogP contribution in [-0.4, -0.2) is 60.1 Å². The molecule has 1 saturated heterocycles. The van der Waals surface area contributed by atoms with Crippen molar-refractivity contribution in [3.05, 3.63) is 101 Å². The average molecular weight is 450 g/mol. The molecule has 0 amide bonds. The highest BCUT2D eigenvalue weighted by atomic mass is 35.5. The topological polar surface area (TPSA) is 55.8 Å². The lowest BCUT2D eigenvalue weighted by Crippen LogP contribution is -2.48. The third kappa shape index (κ3) is 5.49. The van der Waals surface area contributed by atoms with Crippen LogP contribution in [0, 0.1) is 0 Å². The Balaban J connectivity index is 1.36. The largest absolute Gasteiger partial charge is 0.478 e. The fraction of sp³-hybridized carbons (Fsp3) is 0.269. The van der Waals surface area contributed by atoms with Crippen molar-refractivity contribution in [2.24, 2.45) is 0 Å². The zero-order valence-electron chi connectivity index (χ0n) is 18.0. The number of hydrogen-bond acceptors (Lipinski definition) is 4. The van der Waals surface area contributed by atoms with Crippen LogP contribution in [0.1, 0.15) is 27.5 Å². The summed E-state index contributed by atoms with van der Waals surface area (Å²) in [4.78, 5) is 16.3. The summed E-state index contributed by atoms with van der Waals surface area (Å²) in [5.74, 6) is -0.907. The van der Waals surface area contributed by atoms with Crippen molar-refractivity contribution in [3.63, 3.8) is 0 Å². The van der Waals surface area contributed by atoms with Crippen molar-refractivity contribution < 1.29 is 9.90 Å². The molecule has 1 unspecified atom stereocenters. The number of nitrogens with one attached hydrogen (secondary N) is 1. The predicted molar refractivity (Wildman–Crippen MR) is 130 cm³/mol. The first-order valence-electron chi connectivity index (χ1n) is 10.9. The molecule has 1 fully saturated rings. The number of para-hydroxylation sites is 1. The lowest BCUT2D eigenvalue weighted by atomic mass is 9.96. The second kappa shape index (κ2) is 10.6. The van der Waals surface area contributed by atoms with Gasteiger partial charge < -0.3 is 10.4 Å². The molecule has 3 aromatic carbocycles. The molecule has 0 aromatic heterocycles. The third-order valence-corrected chi connectivity index (χ3v) is 6.23. The fourth-order valence-electron chi connectivity index (χ4n) is 4.31. The minimum atomic E-state index is -0.907. The average Bonchev–Trinajstić information content (AvgIpc) is 2.82. The molecule has 5 nitrogen and oxygen atoms in total. The van der Waals surface area contributed by atoms with Gasteiger partial charge in [-0.1, -0.05) is 66.2 Å². The maximum atomic E-state index is 11.4. The van der Waals surface area contributed by atoms with E-state index in [1.807, 2.05) is 24.3 Å². The summed E-state index contributed by atoms with van der Waals surface area (Å²) in [7, 11) is 0. The molecule has 6 heteroatoms. The quantitative estimate of drug-likeness (QED) is 0.514. The van der Waals surface area contributed by atoms with E-state index in [2.05, 4.69) is 57.6 Å². The molecule has 1 aliphatic rings. The first-order chi connectivity index (χ1) is 15.6. The minimum absolute atomic E-state index is 0.205. The number of nitrogens with zero attached hydrogens (tertiary/aromatic N) is 2. The van der Waals surface area contributed by atoms with Crippen LogP contribution in [0.3, 0.4) is 0 Å². The van der Waals surface area contributed by atoms with Gasteiger partial charge in [-0.25, -0.2) is 4.79 Å². The molecule has 0 bridgehead atoms. The van der Waals surface area contributed by atoms with Crippen LogP contribution in [0.25, 0.3) is 0 Å². The van der Waals surface area contributed by atoms with Crippen LogP contribution < -0.4 is 5.32 Å². The van der Waals surface area contributed by atoms with Gasteiger partial charge in [0.25, 0.3) is 0 Å². The van der Waals surface area contributed by atoms with Crippen LogP contribution in [0.2, 0.25) is 5.02 Å². The minimum Gasteiger partial charge on any atom is -0.478 e. The van der Waals surface area contributed by atoms with Crippen molar-refractivity contribution in [1.82, 2.24) is 9.80 Å². The van der Waals surface area contributed by atoms with Crippen molar-refractivity contribution in [2.75, 3.05) is 44.6 Å². The molecule has 4 rings (SSSR count). The monoisotopic (exact) mass is 449 g/mol. The maximum Gasteiger partial charge on any atom is 0.337 e. The SMILES string of the molecule is O=C(O)c1ccccc1NCCN1CCN(C(c2ccccc2)c2ccc(Cl)cc2)CC1. The van der Waals surface area contributed by atoms with E-state index in [1.165, 1.54) is 11.1 Å². The van der Waals surface area contributed by atoms with Gasteiger partial charge in [0.2, 0.25) is 0 Å². The summed E-state index contributed by atoms with van der Waals surface area (Å²) in [5.41, 5.74) is 3.52. The highest BCUT2D eigenvalue weighted by Crippen LogP contribution is 2.30. The molecule has 0 saturated carbocycles. The first-order valence-corrected chi connectivity index (χ1v) is 11.3. The number of rotatable bonds is 8. The van der Waals surface area contributed by atoms with Gasteiger partial charge in [-0.2, -0.15) is 0 Å². The second-order valence-corrected chi connectivity index (χ2v) is 8.46. The summed E-state index contributed by atoms with van der Waals surface area (Å²) < 4.78 is 0. The summed E-state index contributed by atoms with van der Waals surface area (Å²) in [6.07, 6.45) is 0. The molecule has 0 radical (unpaired) electrons. The highest BCUT2D eigenvalue weighted by Gasteiger charge is 2.26. The smallest absolute Gasteiger partial charge is 0.337 e. The van der Waals surface area contributed by atoms with E-state index >= 15 is 0 Å². The van der Waals surface area contributed by atoms with Gasteiger partial charge >= 0.3 is 5.97 Å². The summed E-state index contributed by atoms with van der Waals surface area (Å²) in [5, 5.41) is 13.4. The van der Waals surface area contributed by atoms with Crippen LogP contribution in [0.4, 0.5) is 5.69 Å². The van der Waals surface area contributed by atoms with Crippen LogP contribution >= 0.6 is 11.6 Å². The predicted octanol–water partition coefficient (Wildman–Crippen LogP) is 4.86. The van der Waals surface area contributed by atoms with E-state index in [-0.39, 0.29) is 6.04 Å². The molecule has 0 spiro atoms. The Kier molecular flexibility index (Phi) is 7.43. The van der Waals surface area contributed by atoms with Crippen molar-refractivity contribution in [3.8, 4) is 0 Å². The molecule has 0 aliphatic carbocycles. The molecule has 32 heavy (non-hydrogen) atoms. The number of carbonyl (C=O) groups is 1. The van der Waals surface area contributed by atoms with Crippen LogP contribution in [-0.2, 0) is 0 Å². The maximum absolute atomic E-state index is 11.4. The van der Waals surface area contributed by atoms with Crippen molar-refractivity contribution in [2.45, 2.75) is 6.04 Å². The van der Waals surface area contributed by atoms with Gasteiger partial charge in [-0.05, 0) is 35.4 Å². The number of aromatic carboxylic acids is 1. The fourth-order valence-corrected chi connectivity index (χ4v) is 4.44. The number of carboxylic acids is 1. The Labute approximate surface area is 194 Å². The zero-order valence-corrected chi connectivity index (χ0v) is 18.7. The normalized spacial score (nSPS) is 15.9. The number of halogens is 1. The number of carboxylic acid groups (broad SMARTS) is 1. The molecule has 1 heterocycles. The van der Waals surface area contributed by atoms with Gasteiger partial charge in [0.15, 0.2) is 0 Å². The molecule has 2 N–H and O–H groups in total. The Morgan fingerprint density at radius 3 is 2.19 bits per heavy atom. The Morgan fingerprint density at radius 2 is 1.50 bits per heavy atom. The van der Waals surface area contributed by atoms with E-state index in [0.29, 0.717) is 17.8 Å². The van der Waals surface area contributed by atoms with E-state index in [0.717, 1.165) is 37.7 Å². The molecule has 1 aliphatic heterocycles. The summed E-state index contributed by atoms with van der Waals surface area (Å²) in [6.45, 7) is 5.46. The lowest BCUT2D eigenvalue weighted by molar-refractivity contribution is 0.0698. The summed E-state index contributed by atoms with van der Waals surface area (Å²) >= 11 is 6.13. The van der Waals surface area contributed by atoms with E-state index < -0.39 is 5.97 Å². The molecular formula is C26H28ClN3O2. The van der Waals surface area contributed by atoms with Crippen LogP contribution in [0.15, 0.2) is 78.9 Å². The van der Waals surface area contributed by atoms with Crippen LogP contribution in [0.5, 0.6) is 0 Å². The van der Waals surface area contributed by atoms with E-state index in [4.69, 9.17) is 11.6 Å². The van der Waals surface area contributed by atoms with Gasteiger partial charge in [-0.15, -0.1) is 0 Å². The zero-order chi connectivity index (χ0) is 22.3. The highest BCUT2D eigenvalue weighted by molar-refractivity contribution is 6.30. The number of benzene rings is 3. The Morgan fingerprint density at radius 1 is 0.875 bits per heavy atom. The van der Waals surface area contributed by atoms with Gasteiger partial charge in [0.05, 0.1) is 11.6 Å². The van der Waals surface area contributed by atoms with E-state index in [9.17, 15) is 9.90 Å².